The van der Waals surface area contributed by atoms with Gasteiger partial charge in [0.2, 0.25) is 5.91 Å². The number of benzene rings is 1. The van der Waals surface area contributed by atoms with E-state index in [2.05, 4.69) is 5.32 Å². The molecule has 5 nitrogen and oxygen atoms in total. The molecule has 0 heterocycles. The van der Waals surface area contributed by atoms with E-state index in [9.17, 15) is 9.59 Å². The minimum atomic E-state index is -0.352. The first-order chi connectivity index (χ1) is 8.93. The molecule has 1 unspecified atom stereocenters. The van der Waals surface area contributed by atoms with Gasteiger partial charge in [0.05, 0.1) is 0 Å². The molecule has 1 atom stereocenters. The quantitative estimate of drug-likeness (QED) is 0.655. The zero-order valence-corrected chi connectivity index (χ0v) is 11.8. The normalized spacial score (nSPS) is 11.6. The Morgan fingerprint density at radius 1 is 1.37 bits per heavy atom. The topological polar surface area (TPSA) is 58.6 Å². The van der Waals surface area contributed by atoms with Gasteiger partial charge in [-0.2, -0.15) is 0 Å². The van der Waals surface area contributed by atoms with E-state index in [1.165, 1.54) is 13.8 Å². The minimum absolute atomic E-state index is 0.117. The predicted octanol–water partition coefficient (Wildman–Crippen LogP) is 2.38. The van der Waals surface area contributed by atoms with Crippen molar-refractivity contribution in [3.8, 4) is 0 Å². The van der Waals surface area contributed by atoms with Crippen LogP contribution in [0.5, 0.6) is 0 Å². The van der Waals surface area contributed by atoms with Gasteiger partial charge in [0.1, 0.15) is 0 Å². The number of hydrogen-bond acceptors (Lipinski definition) is 4. The maximum atomic E-state index is 11.0. The third-order valence-electron chi connectivity index (χ3n) is 2.61. The second-order valence-corrected chi connectivity index (χ2v) is 4.23. The molecule has 0 aliphatic carbocycles. The third kappa shape index (κ3) is 4.62. The Hall–Kier alpha value is -2.04. The monoisotopic (exact) mass is 264 g/mol. The Kier molecular flexibility index (Phi) is 5.36. The average molecular weight is 264 g/mol. The van der Waals surface area contributed by atoms with Crippen molar-refractivity contribution in [1.29, 1.82) is 0 Å². The van der Waals surface area contributed by atoms with Crippen molar-refractivity contribution in [2.75, 3.05) is 16.8 Å². The molecule has 0 aromatic heterocycles. The molecule has 1 aromatic carbocycles. The lowest BCUT2D eigenvalue weighted by molar-refractivity contribution is -0.145. The number of hydrogen-bond donors (Lipinski definition) is 1. The van der Waals surface area contributed by atoms with Gasteiger partial charge in [-0.25, -0.2) is 0 Å². The largest absolute Gasteiger partial charge is 0.442 e. The van der Waals surface area contributed by atoms with Gasteiger partial charge >= 0.3 is 5.97 Å². The fraction of sp³-hybridized carbons (Fsp3) is 0.429. The minimum Gasteiger partial charge on any atom is -0.442 e. The Bertz CT molecular complexity index is 460. The number of carbonyl (C=O) groups excluding carboxylic acids is 2. The lowest BCUT2D eigenvalue weighted by Gasteiger charge is -2.29. The number of anilines is 2. The van der Waals surface area contributed by atoms with Crippen molar-refractivity contribution in [2.24, 2.45) is 0 Å². The van der Waals surface area contributed by atoms with Crippen LogP contribution in [0.3, 0.4) is 0 Å². The van der Waals surface area contributed by atoms with E-state index >= 15 is 0 Å². The smallest absolute Gasteiger partial charge is 0.304 e. The summed E-state index contributed by atoms with van der Waals surface area (Å²) in [6.45, 7) is 7.34. The number of rotatable bonds is 5. The van der Waals surface area contributed by atoms with Crippen molar-refractivity contribution in [3.63, 3.8) is 0 Å². The number of carbonyl (C=O) groups is 2. The maximum Gasteiger partial charge on any atom is 0.304 e. The van der Waals surface area contributed by atoms with Gasteiger partial charge < -0.3 is 15.0 Å². The lowest BCUT2D eigenvalue weighted by atomic mass is 10.2. The molecule has 0 fully saturated rings. The Balaban J connectivity index is 2.91. The summed E-state index contributed by atoms with van der Waals surface area (Å²) in [5.41, 5.74) is 1.61. The zero-order chi connectivity index (χ0) is 14.4. The summed E-state index contributed by atoms with van der Waals surface area (Å²) in [6.07, 6.45) is -0.352. The fourth-order valence-electron chi connectivity index (χ4n) is 1.92. The van der Waals surface area contributed by atoms with Crippen LogP contribution in [-0.4, -0.2) is 24.6 Å². The Morgan fingerprint density at radius 3 is 2.58 bits per heavy atom. The van der Waals surface area contributed by atoms with E-state index in [1.54, 1.807) is 0 Å². The molecule has 1 aromatic rings. The van der Waals surface area contributed by atoms with Gasteiger partial charge in [-0.3, -0.25) is 9.59 Å². The maximum absolute atomic E-state index is 11.0. The van der Waals surface area contributed by atoms with Crippen molar-refractivity contribution in [2.45, 2.75) is 33.9 Å². The van der Waals surface area contributed by atoms with Crippen molar-refractivity contribution < 1.29 is 14.3 Å². The van der Waals surface area contributed by atoms with E-state index in [-0.39, 0.29) is 18.1 Å². The van der Waals surface area contributed by atoms with E-state index in [0.717, 1.165) is 11.4 Å². The molecule has 1 amide bonds. The second-order valence-electron chi connectivity index (χ2n) is 4.23. The Labute approximate surface area is 113 Å². The van der Waals surface area contributed by atoms with E-state index < -0.39 is 0 Å². The summed E-state index contributed by atoms with van der Waals surface area (Å²) in [5, 5.41) is 2.73. The number of nitrogens with one attached hydrogen (secondary N) is 1. The van der Waals surface area contributed by atoms with Gasteiger partial charge in [-0.05, 0) is 32.0 Å². The number of amides is 1. The molecule has 0 aliphatic heterocycles. The summed E-state index contributed by atoms with van der Waals surface area (Å²) in [5.74, 6) is -0.433. The summed E-state index contributed by atoms with van der Waals surface area (Å²) in [6, 6.07) is 7.43. The van der Waals surface area contributed by atoms with Gasteiger partial charge in [0.15, 0.2) is 6.23 Å². The van der Waals surface area contributed by atoms with Gasteiger partial charge in [0.25, 0.3) is 0 Å². The number of nitrogens with zero attached hydrogens (tertiary/aromatic N) is 1. The van der Waals surface area contributed by atoms with Crippen LogP contribution in [0.2, 0.25) is 0 Å². The first-order valence-corrected chi connectivity index (χ1v) is 6.25. The molecule has 104 valence electrons. The van der Waals surface area contributed by atoms with E-state index in [1.807, 2.05) is 43.0 Å². The standard InChI is InChI=1S/C14H20N2O3/c1-5-16(11(3)19-12(4)18)14-8-6-7-13(9-14)15-10(2)17/h6-9,11H,5H2,1-4H3,(H,15,17). The van der Waals surface area contributed by atoms with Crippen LogP contribution in [0.25, 0.3) is 0 Å². The summed E-state index contributed by atoms with van der Waals surface area (Å²) < 4.78 is 5.18. The van der Waals surface area contributed by atoms with Crippen LogP contribution in [0.15, 0.2) is 24.3 Å². The first-order valence-electron chi connectivity index (χ1n) is 6.25. The molecule has 0 bridgehead atoms. The lowest BCUT2D eigenvalue weighted by Crippen LogP contribution is -2.36. The molecule has 5 heteroatoms. The van der Waals surface area contributed by atoms with Crippen LogP contribution in [0.1, 0.15) is 27.7 Å². The molecule has 0 saturated carbocycles. The zero-order valence-electron chi connectivity index (χ0n) is 11.8. The molecule has 0 saturated heterocycles. The van der Waals surface area contributed by atoms with Gasteiger partial charge in [-0.15, -0.1) is 0 Å². The van der Waals surface area contributed by atoms with E-state index in [0.29, 0.717) is 6.54 Å². The van der Waals surface area contributed by atoms with Crippen molar-refractivity contribution in [3.05, 3.63) is 24.3 Å². The van der Waals surface area contributed by atoms with Gasteiger partial charge in [0, 0.05) is 31.8 Å². The highest BCUT2D eigenvalue weighted by molar-refractivity contribution is 5.89. The van der Waals surface area contributed by atoms with Crippen molar-refractivity contribution in [1.82, 2.24) is 0 Å². The molecular formula is C14H20N2O3. The SMILES string of the molecule is CCN(c1cccc(NC(C)=O)c1)C(C)OC(C)=O. The number of esters is 1. The first kappa shape index (κ1) is 15.0. The van der Waals surface area contributed by atoms with Crippen LogP contribution in [-0.2, 0) is 14.3 Å². The second kappa shape index (κ2) is 6.78. The average Bonchev–Trinajstić information content (AvgIpc) is 2.28. The predicted molar refractivity (Wildman–Crippen MR) is 75.0 cm³/mol. The van der Waals surface area contributed by atoms with E-state index in [4.69, 9.17) is 4.74 Å². The molecule has 1 N–H and O–H groups in total. The molecular weight excluding hydrogens is 244 g/mol. The summed E-state index contributed by atoms with van der Waals surface area (Å²) in [7, 11) is 0. The molecule has 0 spiro atoms. The summed E-state index contributed by atoms with van der Waals surface area (Å²) in [4.78, 5) is 24.0. The fourth-order valence-corrected chi connectivity index (χ4v) is 1.92. The van der Waals surface area contributed by atoms with Crippen LogP contribution >= 0.6 is 0 Å². The van der Waals surface area contributed by atoms with Crippen LogP contribution in [0, 0.1) is 0 Å². The molecule has 1 rings (SSSR count). The third-order valence-corrected chi connectivity index (χ3v) is 2.61. The van der Waals surface area contributed by atoms with Crippen molar-refractivity contribution >= 4 is 23.3 Å². The van der Waals surface area contributed by atoms with Crippen LogP contribution < -0.4 is 10.2 Å². The highest BCUT2D eigenvalue weighted by Gasteiger charge is 2.15. The van der Waals surface area contributed by atoms with Gasteiger partial charge in [-0.1, -0.05) is 6.07 Å². The highest BCUT2D eigenvalue weighted by Crippen LogP contribution is 2.21. The summed E-state index contributed by atoms with van der Waals surface area (Å²) >= 11 is 0. The molecule has 0 radical (unpaired) electrons. The number of ether oxygens (including phenoxy) is 1. The highest BCUT2D eigenvalue weighted by atomic mass is 16.6. The molecule has 0 aliphatic rings. The Morgan fingerprint density at radius 2 is 2.05 bits per heavy atom. The molecule has 19 heavy (non-hydrogen) atoms. The van der Waals surface area contributed by atoms with Crippen LogP contribution in [0.4, 0.5) is 11.4 Å².